The summed E-state index contributed by atoms with van der Waals surface area (Å²) in [5.74, 6) is 0.762. The van der Waals surface area contributed by atoms with Gasteiger partial charge in [0, 0.05) is 19.1 Å². The first-order valence-corrected chi connectivity index (χ1v) is 7.33. The van der Waals surface area contributed by atoms with E-state index in [-0.39, 0.29) is 6.61 Å². The van der Waals surface area contributed by atoms with Gasteiger partial charge in [0.2, 0.25) is 0 Å². The van der Waals surface area contributed by atoms with Crippen LogP contribution in [0, 0.1) is 11.3 Å². The van der Waals surface area contributed by atoms with E-state index >= 15 is 0 Å². The van der Waals surface area contributed by atoms with Gasteiger partial charge in [-0.05, 0) is 50.6 Å². The molecule has 1 aromatic carbocycles. The second kappa shape index (κ2) is 7.88. The number of nitrogens with one attached hydrogen (secondary N) is 1. The predicted octanol–water partition coefficient (Wildman–Crippen LogP) is 2.16. The average Bonchev–Trinajstić information content (AvgIpc) is 3.00. The molecule has 1 saturated heterocycles. The molecule has 0 spiro atoms. The first kappa shape index (κ1) is 14.8. The first-order valence-electron chi connectivity index (χ1n) is 7.33. The molecule has 0 aromatic heterocycles. The Morgan fingerprint density at radius 1 is 1.40 bits per heavy atom. The second-order valence-corrected chi connectivity index (χ2v) is 5.32. The monoisotopic (exact) mass is 273 g/mol. The molecule has 0 saturated carbocycles. The lowest BCUT2D eigenvalue weighted by Gasteiger charge is -2.24. The Hall–Kier alpha value is -1.57. The molecule has 1 N–H and O–H groups in total. The third-order valence-electron chi connectivity index (χ3n) is 3.73. The van der Waals surface area contributed by atoms with E-state index in [1.165, 1.54) is 31.5 Å². The highest BCUT2D eigenvalue weighted by Crippen LogP contribution is 2.14. The largest absolute Gasteiger partial charge is 0.479 e. The first-order chi connectivity index (χ1) is 9.79. The van der Waals surface area contributed by atoms with E-state index in [2.05, 4.69) is 23.2 Å². The van der Waals surface area contributed by atoms with Crippen LogP contribution >= 0.6 is 0 Å². The molecule has 0 amide bonds. The lowest BCUT2D eigenvalue weighted by atomic mass is 10.2. The summed E-state index contributed by atoms with van der Waals surface area (Å²) in [5.41, 5.74) is 1.19. The molecule has 0 aliphatic carbocycles. The van der Waals surface area contributed by atoms with Gasteiger partial charge in [0.05, 0.1) is 0 Å². The highest BCUT2D eigenvalue weighted by Gasteiger charge is 2.17. The van der Waals surface area contributed by atoms with Crippen LogP contribution in [-0.2, 0) is 6.54 Å². The van der Waals surface area contributed by atoms with Crippen LogP contribution in [0.4, 0.5) is 0 Å². The summed E-state index contributed by atoms with van der Waals surface area (Å²) >= 11 is 0. The van der Waals surface area contributed by atoms with Crippen molar-refractivity contribution in [3.63, 3.8) is 0 Å². The molecule has 0 bridgehead atoms. The highest BCUT2D eigenvalue weighted by molar-refractivity contribution is 5.28. The molecule has 1 aliphatic heterocycles. The summed E-state index contributed by atoms with van der Waals surface area (Å²) in [7, 11) is 0. The third kappa shape index (κ3) is 4.52. The Balaban J connectivity index is 1.74. The molecular weight excluding hydrogens is 250 g/mol. The van der Waals surface area contributed by atoms with Crippen LogP contribution in [0.15, 0.2) is 24.3 Å². The van der Waals surface area contributed by atoms with Crippen LogP contribution in [0.3, 0.4) is 0 Å². The molecule has 1 fully saturated rings. The molecule has 4 heteroatoms. The van der Waals surface area contributed by atoms with Crippen LogP contribution in [-0.4, -0.2) is 37.2 Å². The third-order valence-corrected chi connectivity index (χ3v) is 3.73. The molecule has 1 atom stereocenters. The fourth-order valence-electron chi connectivity index (χ4n) is 2.60. The molecule has 0 radical (unpaired) electrons. The zero-order valence-electron chi connectivity index (χ0n) is 12.1. The summed E-state index contributed by atoms with van der Waals surface area (Å²) in [4.78, 5) is 2.54. The summed E-state index contributed by atoms with van der Waals surface area (Å²) in [6, 6.07) is 10.5. The van der Waals surface area contributed by atoms with Crippen molar-refractivity contribution in [1.29, 1.82) is 5.26 Å². The molecule has 1 unspecified atom stereocenters. The number of benzene rings is 1. The van der Waals surface area contributed by atoms with Gasteiger partial charge >= 0.3 is 0 Å². The van der Waals surface area contributed by atoms with Crippen molar-refractivity contribution in [3.8, 4) is 11.8 Å². The fraction of sp³-hybridized carbons (Fsp3) is 0.562. The number of nitriles is 1. The summed E-state index contributed by atoms with van der Waals surface area (Å²) in [6.07, 6.45) is 2.67. The maximum absolute atomic E-state index is 8.51. The van der Waals surface area contributed by atoms with Gasteiger partial charge in [-0.2, -0.15) is 5.26 Å². The Labute approximate surface area is 121 Å². The molecule has 20 heavy (non-hydrogen) atoms. The summed E-state index contributed by atoms with van der Waals surface area (Å²) in [6.45, 7) is 6.69. The van der Waals surface area contributed by atoms with Crippen molar-refractivity contribution in [2.45, 2.75) is 32.4 Å². The van der Waals surface area contributed by atoms with Crippen molar-refractivity contribution < 1.29 is 4.74 Å². The maximum Gasteiger partial charge on any atom is 0.174 e. The molecule has 2 rings (SSSR count). The van der Waals surface area contributed by atoms with Crippen LogP contribution in [0.2, 0.25) is 0 Å². The standard InChI is InChI=1S/C16H23N3O/c1-14(19-8-2-3-9-19)12-18-13-15-5-4-6-16(11-15)20-10-7-17/h4-6,11,14,18H,2-3,8-10,12-13H2,1H3. The lowest BCUT2D eigenvalue weighted by molar-refractivity contribution is 0.251. The van der Waals surface area contributed by atoms with Crippen molar-refractivity contribution in [2.75, 3.05) is 26.2 Å². The van der Waals surface area contributed by atoms with Gasteiger partial charge in [0.15, 0.2) is 6.61 Å². The number of hydrogen-bond donors (Lipinski definition) is 1. The molecule has 1 aromatic rings. The van der Waals surface area contributed by atoms with Crippen molar-refractivity contribution in [3.05, 3.63) is 29.8 Å². The Morgan fingerprint density at radius 3 is 2.95 bits per heavy atom. The number of rotatable bonds is 7. The van der Waals surface area contributed by atoms with E-state index in [1.807, 2.05) is 24.3 Å². The molecule has 108 valence electrons. The zero-order valence-corrected chi connectivity index (χ0v) is 12.1. The van der Waals surface area contributed by atoms with Crippen LogP contribution in [0.5, 0.6) is 5.75 Å². The number of likely N-dealkylation sites (tertiary alicyclic amines) is 1. The highest BCUT2D eigenvalue weighted by atomic mass is 16.5. The Morgan fingerprint density at radius 2 is 2.20 bits per heavy atom. The van der Waals surface area contributed by atoms with E-state index in [9.17, 15) is 0 Å². The van der Waals surface area contributed by atoms with Gasteiger partial charge in [0.25, 0.3) is 0 Å². The normalized spacial score (nSPS) is 16.8. The lowest BCUT2D eigenvalue weighted by Crippen LogP contribution is -2.38. The van der Waals surface area contributed by atoms with Gasteiger partial charge < -0.3 is 10.1 Å². The van der Waals surface area contributed by atoms with Crippen molar-refractivity contribution >= 4 is 0 Å². The minimum absolute atomic E-state index is 0.100. The van der Waals surface area contributed by atoms with Crippen LogP contribution in [0.1, 0.15) is 25.3 Å². The molecule has 1 heterocycles. The van der Waals surface area contributed by atoms with Gasteiger partial charge in [-0.25, -0.2) is 0 Å². The fourth-order valence-corrected chi connectivity index (χ4v) is 2.60. The summed E-state index contributed by atoms with van der Waals surface area (Å²) in [5, 5.41) is 12.0. The van der Waals surface area contributed by atoms with Gasteiger partial charge in [-0.15, -0.1) is 0 Å². The smallest absolute Gasteiger partial charge is 0.174 e. The molecular formula is C16H23N3O. The number of hydrogen-bond acceptors (Lipinski definition) is 4. The van der Waals surface area contributed by atoms with E-state index in [4.69, 9.17) is 10.00 Å². The topological polar surface area (TPSA) is 48.3 Å². The van der Waals surface area contributed by atoms with E-state index < -0.39 is 0 Å². The zero-order chi connectivity index (χ0) is 14.2. The SMILES string of the molecule is CC(CNCc1cccc(OCC#N)c1)N1CCCC1. The van der Waals surface area contributed by atoms with Crippen LogP contribution < -0.4 is 10.1 Å². The average molecular weight is 273 g/mol. The minimum Gasteiger partial charge on any atom is -0.479 e. The van der Waals surface area contributed by atoms with E-state index in [1.54, 1.807) is 0 Å². The van der Waals surface area contributed by atoms with E-state index in [0.29, 0.717) is 6.04 Å². The van der Waals surface area contributed by atoms with Gasteiger partial charge in [0.1, 0.15) is 11.8 Å². The van der Waals surface area contributed by atoms with Crippen molar-refractivity contribution in [1.82, 2.24) is 10.2 Å². The number of ether oxygens (including phenoxy) is 1. The summed E-state index contributed by atoms with van der Waals surface area (Å²) < 4.78 is 5.31. The molecule has 1 aliphatic rings. The van der Waals surface area contributed by atoms with Gasteiger partial charge in [-0.3, -0.25) is 4.90 Å². The predicted molar refractivity (Wildman–Crippen MR) is 79.5 cm³/mol. The Bertz CT molecular complexity index is 449. The van der Waals surface area contributed by atoms with Crippen molar-refractivity contribution in [2.24, 2.45) is 0 Å². The maximum atomic E-state index is 8.51. The minimum atomic E-state index is 0.100. The Kier molecular flexibility index (Phi) is 5.85. The van der Waals surface area contributed by atoms with Crippen LogP contribution in [0.25, 0.3) is 0 Å². The quantitative estimate of drug-likeness (QED) is 0.827. The van der Waals surface area contributed by atoms with Gasteiger partial charge in [-0.1, -0.05) is 12.1 Å². The molecule has 4 nitrogen and oxygen atoms in total. The van der Waals surface area contributed by atoms with E-state index in [0.717, 1.165) is 18.8 Å². The second-order valence-electron chi connectivity index (χ2n) is 5.32. The number of nitrogens with zero attached hydrogens (tertiary/aromatic N) is 2.